The Bertz CT molecular complexity index is 1490. The molecule has 0 saturated heterocycles. The van der Waals surface area contributed by atoms with E-state index in [-0.39, 0.29) is 12.2 Å². The first-order chi connectivity index (χ1) is 17.4. The van der Waals surface area contributed by atoms with Crippen molar-refractivity contribution in [3.8, 4) is 17.2 Å². The number of fused-ring (bicyclic) bond motifs is 3. The Labute approximate surface area is 205 Å². The number of carbonyl (C=O) groups excluding carboxylic acids is 2. The fourth-order valence-corrected chi connectivity index (χ4v) is 4.24. The van der Waals surface area contributed by atoms with Gasteiger partial charge in [0.15, 0.2) is 12.7 Å². The maximum atomic E-state index is 13.4. The Morgan fingerprint density at radius 1 is 0.972 bits per heavy atom. The molecule has 2 amide bonds. The summed E-state index contributed by atoms with van der Waals surface area (Å²) in [6, 6.07) is 20.6. The van der Waals surface area contributed by atoms with Crippen molar-refractivity contribution in [3.63, 3.8) is 0 Å². The van der Waals surface area contributed by atoms with E-state index in [0.29, 0.717) is 39.5 Å². The molecule has 36 heavy (non-hydrogen) atoms. The number of ether oxygens (including phenoxy) is 3. The van der Waals surface area contributed by atoms with Crippen molar-refractivity contribution in [2.24, 2.45) is 5.73 Å². The third kappa shape index (κ3) is 4.34. The lowest BCUT2D eigenvalue weighted by molar-refractivity contribution is -0.122. The zero-order chi connectivity index (χ0) is 25.2. The molecule has 182 valence electrons. The third-order valence-electron chi connectivity index (χ3n) is 5.89. The number of benzene rings is 3. The van der Waals surface area contributed by atoms with E-state index in [1.54, 1.807) is 79.9 Å². The SMILES string of the molecule is COc1ccc(NC(=O)[C@@H]2Oc3c(c(=O)oc4ccccc34)[C@@H]2c2ccc(OCC(N)=O)cc2)cc1. The molecule has 2 heterocycles. The number of hydrogen-bond donors (Lipinski definition) is 2. The maximum absolute atomic E-state index is 13.4. The van der Waals surface area contributed by atoms with E-state index in [9.17, 15) is 14.4 Å². The highest BCUT2D eigenvalue weighted by atomic mass is 16.5. The highest BCUT2D eigenvalue weighted by molar-refractivity contribution is 5.97. The van der Waals surface area contributed by atoms with Crippen LogP contribution in [0, 0.1) is 0 Å². The van der Waals surface area contributed by atoms with Crippen LogP contribution in [0.3, 0.4) is 0 Å². The molecular weight excluding hydrogens is 464 g/mol. The monoisotopic (exact) mass is 486 g/mol. The van der Waals surface area contributed by atoms with Crippen LogP contribution in [-0.2, 0) is 9.59 Å². The van der Waals surface area contributed by atoms with Gasteiger partial charge in [-0.15, -0.1) is 0 Å². The highest BCUT2D eigenvalue weighted by Gasteiger charge is 2.44. The summed E-state index contributed by atoms with van der Waals surface area (Å²) in [6.45, 7) is -0.267. The van der Waals surface area contributed by atoms with Crippen molar-refractivity contribution in [3.05, 3.63) is 94.3 Å². The Hall–Kier alpha value is -4.79. The van der Waals surface area contributed by atoms with Crippen LogP contribution >= 0.6 is 0 Å². The second-order valence-corrected chi connectivity index (χ2v) is 8.19. The van der Waals surface area contributed by atoms with E-state index in [0.717, 1.165) is 0 Å². The van der Waals surface area contributed by atoms with E-state index in [1.165, 1.54) is 0 Å². The van der Waals surface area contributed by atoms with Gasteiger partial charge in [-0.3, -0.25) is 9.59 Å². The van der Waals surface area contributed by atoms with Crippen molar-refractivity contribution < 1.29 is 28.2 Å². The maximum Gasteiger partial charge on any atom is 0.344 e. The molecule has 9 heteroatoms. The molecule has 1 aliphatic heterocycles. The molecule has 3 N–H and O–H groups in total. The molecule has 4 aromatic rings. The number of rotatable bonds is 7. The second-order valence-electron chi connectivity index (χ2n) is 8.19. The molecule has 0 radical (unpaired) electrons. The Balaban J connectivity index is 1.54. The van der Waals surface area contributed by atoms with Crippen molar-refractivity contribution in [1.82, 2.24) is 0 Å². The Morgan fingerprint density at radius 2 is 1.67 bits per heavy atom. The number of methoxy groups -OCH3 is 1. The van der Waals surface area contributed by atoms with Gasteiger partial charge in [0.1, 0.15) is 22.8 Å². The van der Waals surface area contributed by atoms with E-state index in [2.05, 4.69) is 5.32 Å². The molecule has 3 aromatic carbocycles. The number of carbonyl (C=O) groups is 2. The zero-order valence-electron chi connectivity index (χ0n) is 19.2. The van der Waals surface area contributed by atoms with Gasteiger partial charge in [-0.05, 0) is 54.1 Å². The number of nitrogens with one attached hydrogen (secondary N) is 1. The fourth-order valence-electron chi connectivity index (χ4n) is 4.24. The van der Waals surface area contributed by atoms with Crippen molar-refractivity contribution in [1.29, 1.82) is 0 Å². The van der Waals surface area contributed by atoms with Crippen LogP contribution in [0.1, 0.15) is 17.0 Å². The smallest absolute Gasteiger partial charge is 0.344 e. The number of para-hydroxylation sites is 1. The predicted molar refractivity (Wildman–Crippen MR) is 131 cm³/mol. The van der Waals surface area contributed by atoms with Gasteiger partial charge in [-0.1, -0.05) is 24.3 Å². The highest BCUT2D eigenvalue weighted by Crippen LogP contribution is 2.44. The topological polar surface area (TPSA) is 130 Å². The average Bonchev–Trinajstić information content (AvgIpc) is 3.30. The molecule has 0 bridgehead atoms. The second kappa shape index (κ2) is 9.46. The fraction of sp³-hybridized carbons (Fsp3) is 0.148. The van der Waals surface area contributed by atoms with Gasteiger partial charge in [0.05, 0.1) is 24.0 Å². The van der Waals surface area contributed by atoms with Crippen LogP contribution in [0.4, 0.5) is 5.69 Å². The van der Waals surface area contributed by atoms with Crippen LogP contribution < -0.4 is 30.9 Å². The molecule has 1 aromatic heterocycles. The first kappa shape index (κ1) is 23.0. The van der Waals surface area contributed by atoms with Gasteiger partial charge in [0.2, 0.25) is 0 Å². The molecule has 0 unspecified atom stereocenters. The minimum atomic E-state index is -1.05. The minimum Gasteiger partial charge on any atom is -0.497 e. The van der Waals surface area contributed by atoms with Crippen LogP contribution in [0.15, 0.2) is 82.0 Å². The van der Waals surface area contributed by atoms with Gasteiger partial charge in [0.25, 0.3) is 11.8 Å². The summed E-state index contributed by atoms with van der Waals surface area (Å²) in [7, 11) is 1.56. The van der Waals surface area contributed by atoms with Crippen molar-refractivity contribution >= 4 is 28.5 Å². The average molecular weight is 486 g/mol. The van der Waals surface area contributed by atoms with E-state index >= 15 is 0 Å². The predicted octanol–water partition coefficient (Wildman–Crippen LogP) is 3.20. The third-order valence-corrected chi connectivity index (χ3v) is 5.89. The van der Waals surface area contributed by atoms with Gasteiger partial charge in [0, 0.05) is 5.69 Å². The lowest BCUT2D eigenvalue weighted by Gasteiger charge is -2.19. The summed E-state index contributed by atoms with van der Waals surface area (Å²) in [4.78, 5) is 37.5. The first-order valence-electron chi connectivity index (χ1n) is 11.1. The van der Waals surface area contributed by atoms with Gasteiger partial charge >= 0.3 is 5.63 Å². The Morgan fingerprint density at radius 3 is 2.36 bits per heavy atom. The summed E-state index contributed by atoms with van der Waals surface area (Å²) in [6.07, 6.45) is -1.05. The van der Waals surface area contributed by atoms with Crippen molar-refractivity contribution in [2.75, 3.05) is 19.0 Å². The molecule has 1 aliphatic rings. The first-order valence-corrected chi connectivity index (χ1v) is 11.1. The number of primary amides is 1. The number of hydrogen-bond acceptors (Lipinski definition) is 7. The quantitative estimate of drug-likeness (QED) is 0.384. The van der Waals surface area contributed by atoms with Crippen molar-refractivity contribution in [2.45, 2.75) is 12.0 Å². The lowest BCUT2D eigenvalue weighted by atomic mass is 9.88. The van der Waals surface area contributed by atoms with Crippen LogP contribution in [0.25, 0.3) is 11.0 Å². The number of anilines is 1. The van der Waals surface area contributed by atoms with E-state index in [4.69, 9.17) is 24.4 Å². The molecule has 5 rings (SSSR count). The summed E-state index contributed by atoms with van der Waals surface area (Å²) in [5.41, 5.74) is 6.37. The molecule has 9 nitrogen and oxygen atoms in total. The minimum absolute atomic E-state index is 0.259. The number of amides is 2. The summed E-state index contributed by atoms with van der Waals surface area (Å²) in [5, 5.41) is 3.45. The van der Waals surface area contributed by atoms with Gasteiger partial charge in [-0.25, -0.2) is 4.79 Å². The van der Waals surface area contributed by atoms with Gasteiger partial charge < -0.3 is 29.7 Å². The standard InChI is InChI=1S/C27H22N2O7/c1-33-17-12-8-16(9-13-17)29-26(31)25-22(15-6-10-18(11-7-15)34-14-21(28)30)23-24(36-25)19-4-2-3-5-20(19)35-27(23)32/h2-13,22,25H,14H2,1H3,(H2,28,30)(H,29,31)/t22-,25+/m0/s1. The van der Waals surface area contributed by atoms with E-state index < -0.39 is 29.5 Å². The van der Waals surface area contributed by atoms with Crippen LogP contribution in [-0.4, -0.2) is 31.6 Å². The van der Waals surface area contributed by atoms with E-state index in [1.807, 2.05) is 0 Å². The lowest BCUT2D eigenvalue weighted by Crippen LogP contribution is -2.35. The van der Waals surface area contributed by atoms with Gasteiger partial charge in [-0.2, -0.15) is 0 Å². The van der Waals surface area contributed by atoms with Crippen LogP contribution in [0.2, 0.25) is 0 Å². The molecule has 2 atom stereocenters. The summed E-state index contributed by atoms with van der Waals surface area (Å²) in [5.74, 6) is -0.393. The summed E-state index contributed by atoms with van der Waals surface area (Å²) < 4.78 is 22.2. The number of nitrogens with two attached hydrogens (primary N) is 1. The molecule has 0 aliphatic carbocycles. The molecule has 0 fully saturated rings. The Kier molecular flexibility index (Phi) is 6.03. The normalized spacial score (nSPS) is 16.1. The summed E-state index contributed by atoms with van der Waals surface area (Å²) >= 11 is 0. The zero-order valence-corrected chi connectivity index (χ0v) is 19.2. The molecule has 0 saturated carbocycles. The molecule has 0 spiro atoms. The van der Waals surface area contributed by atoms with Crippen LogP contribution in [0.5, 0.6) is 17.2 Å². The largest absolute Gasteiger partial charge is 0.497 e. The molecular formula is C27H22N2O7.